The van der Waals surface area contributed by atoms with Crippen LogP contribution in [0.1, 0.15) is 23.7 Å². The van der Waals surface area contributed by atoms with Gasteiger partial charge in [0.05, 0.1) is 5.69 Å². The number of hydrogen-bond donors (Lipinski definition) is 2. The van der Waals surface area contributed by atoms with E-state index in [0.717, 1.165) is 12.5 Å². The molecule has 2 N–H and O–H groups in total. The number of nitrogens with zero attached hydrogens (tertiary/aromatic N) is 1. The number of nitrogens with one attached hydrogen (secondary N) is 1. The summed E-state index contributed by atoms with van der Waals surface area (Å²) in [6, 6.07) is 3.41. The van der Waals surface area contributed by atoms with Crippen molar-refractivity contribution in [1.29, 1.82) is 0 Å². The predicted octanol–water partition coefficient (Wildman–Crippen LogP) is 2.40. The number of urea groups is 1. The Kier molecular flexibility index (Phi) is 3.69. The fraction of sp³-hybridized carbons (Fsp3) is 0.385. The van der Waals surface area contributed by atoms with Crippen LogP contribution < -0.4 is 5.32 Å². The minimum Gasteiger partial charge on any atom is -0.478 e. The van der Waals surface area contributed by atoms with Crippen molar-refractivity contribution in [3.63, 3.8) is 0 Å². The Labute approximate surface area is 110 Å². The lowest BCUT2D eigenvalue weighted by molar-refractivity contribution is 0.0693. The van der Waals surface area contributed by atoms with E-state index >= 15 is 0 Å². The Morgan fingerprint density at radius 3 is 2.79 bits per heavy atom. The van der Waals surface area contributed by atoms with Crippen LogP contribution in [0.5, 0.6) is 0 Å². The molecule has 0 bridgehead atoms. The second-order valence-electron chi connectivity index (χ2n) is 4.74. The number of carbonyl (C=O) groups is 2. The van der Waals surface area contributed by atoms with E-state index in [1.165, 1.54) is 12.1 Å². The van der Waals surface area contributed by atoms with Crippen LogP contribution in [0.3, 0.4) is 0 Å². The molecule has 0 spiro atoms. The van der Waals surface area contributed by atoms with Crippen LogP contribution in [0.4, 0.5) is 14.9 Å². The lowest BCUT2D eigenvalue weighted by atomic mass is 10.1. The summed E-state index contributed by atoms with van der Waals surface area (Å²) >= 11 is 0. The van der Waals surface area contributed by atoms with Crippen molar-refractivity contribution < 1.29 is 19.1 Å². The van der Waals surface area contributed by atoms with Gasteiger partial charge in [-0.3, -0.25) is 0 Å². The molecule has 19 heavy (non-hydrogen) atoms. The van der Waals surface area contributed by atoms with Gasteiger partial charge in [0.2, 0.25) is 0 Å². The Hall–Kier alpha value is -2.11. The van der Waals surface area contributed by atoms with Gasteiger partial charge >= 0.3 is 12.0 Å². The third-order valence-corrected chi connectivity index (χ3v) is 3.18. The standard InChI is InChI=1S/C13H15FN2O3/c1-8-5-6-16(7-8)13(19)15-10-4-2-3-9(14)11(10)12(17)18/h2-4,8H,5-7H2,1H3,(H,15,19)(H,17,18). The summed E-state index contributed by atoms with van der Waals surface area (Å²) in [6.07, 6.45) is 0.919. The summed E-state index contributed by atoms with van der Waals surface area (Å²) in [4.78, 5) is 24.5. The maximum absolute atomic E-state index is 13.4. The monoisotopic (exact) mass is 266 g/mol. The minimum absolute atomic E-state index is 0.0166. The molecule has 1 heterocycles. The third-order valence-electron chi connectivity index (χ3n) is 3.18. The van der Waals surface area contributed by atoms with E-state index < -0.39 is 23.4 Å². The molecule has 1 fully saturated rings. The molecule has 1 unspecified atom stereocenters. The van der Waals surface area contributed by atoms with Crippen molar-refractivity contribution in [2.45, 2.75) is 13.3 Å². The first-order valence-corrected chi connectivity index (χ1v) is 6.06. The van der Waals surface area contributed by atoms with Crippen molar-refractivity contribution in [3.8, 4) is 0 Å². The van der Waals surface area contributed by atoms with Gasteiger partial charge < -0.3 is 15.3 Å². The molecule has 1 aliphatic rings. The zero-order valence-corrected chi connectivity index (χ0v) is 10.5. The van der Waals surface area contributed by atoms with Gasteiger partial charge in [0, 0.05) is 13.1 Å². The zero-order valence-electron chi connectivity index (χ0n) is 10.5. The molecule has 0 radical (unpaired) electrons. The van der Waals surface area contributed by atoms with Crippen LogP contribution >= 0.6 is 0 Å². The number of aromatic carboxylic acids is 1. The Balaban J connectivity index is 2.17. The van der Waals surface area contributed by atoms with Gasteiger partial charge in [0.25, 0.3) is 0 Å². The normalized spacial score (nSPS) is 18.4. The van der Waals surface area contributed by atoms with Gasteiger partial charge in [-0.2, -0.15) is 0 Å². The highest BCUT2D eigenvalue weighted by molar-refractivity contribution is 6.00. The first kappa shape index (κ1) is 13.3. The average Bonchev–Trinajstić information content (AvgIpc) is 2.75. The molecule has 1 aromatic rings. The summed E-state index contributed by atoms with van der Waals surface area (Å²) in [6.45, 7) is 3.30. The second-order valence-corrected chi connectivity index (χ2v) is 4.74. The number of hydrogen-bond acceptors (Lipinski definition) is 2. The summed E-state index contributed by atoms with van der Waals surface area (Å²) in [5.41, 5.74) is -0.528. The smallest absolute Gasteiger partial charge is 0.340 e. The fourth-order valence-electron chi connectivity index (χ4n) is 2.16. The van der Waals surface area contributed by atoms with E-state index in [0.29, 0.717) is 19.0 Å². The van der Waals surface area contributed by atoms with E-state index in [4.69, 9.17) is 5.11 Å². The fourth-order valence-corrected chi connectivity index (χ4v) is 2.16. The van der Waals surface area contributed by atoms with Gasteiger partial charge in [-0.25, -0.2) is 14.0 Å². The van der Waals surface area contributed by atoms with Crippen molar-refractivity contribution >= 4 is 17.7 Å². The van der Waals surface area contributed by atoms with Crippen LogP contribution in [0.25, 0.3) is 0 Å². The van der Waals surface area contributed by atoms with E-state index in [-0.39, 0.29) is 5.69 Å². The predicted molar refractivity (Wildman–Crippen MR) is 67.7 cm³/mol. The van der Waals surface area contributed by atoms with Crippen LogP contribution in [-0.4, -0.2) is 35.1 Å². The number of benzene rings is 1. The number of carboxylic acid groups (broad SMARTS) is 1. The van der Waals surface area contributed by atoms with Gasteiger partial charge in [-0.05, 0) is 24.5 Å². The first-order chi connectivity index (χ1) is 8.99. The molecular weight excluding hydrogens is 251 g/mol. The van der Waals surface area contributed by atoms with Gasteiger partial charge in [0.15, 0.2) is 0 Å². The number of amides is 2. The molecule has 1 saturated heterocycles. The van der Waals surface area contributed by atoms with Gasteiger partial charge in [-0.15, -0.1) is 0 Å². The van der Waals surface area contributed by atoms with Crippen molar-refractivity contribution in [2.24, 2.45) is 5.92 Å². The van der Waals surface area contributed by atoms with Crippen molar-refractivity contribution in [1.82, 2.24) is 4.90 Å². The van der Waals surface area contributed by atoms with Crippen LogP contribution in [0, 0.1) is 11.7 Å². The topological polar surface area (TPSA) is 69.6 Å². The molecule has 2 amide bonds. The first-order valence-electron chi connectivity index (χ1n) is 6.06. The summed E-state index contributed by atoms with van der Waals surface area (Å²) in [5, 5.41) is 11.4. The SMILES string of the molecule is CC1CCN(C(=O)Nc2cccc(F)c2C(=O)O)C1. The summed E-state index contributed by atoms with van der Waals surface area (Å²) in [7, 11) is 0. The highest BCUT2D eigenvalue weighted by Crippen LogP contribution is 2.21. The zero-order chi connectivity index (χ0) is 14.0. The number of halogens is 1. The molecule has 0 aliphatic carbocycles. The Bertz CT molecular complexity index is 519. The van der Waals surface area contributed by atoms with Crippen LogP contribution in [-0.2, 0) is 0 Å². The third kappa shape index (κ3) is 2.83. The van der Waals surface area contributed by atoms with E-state index in [1.807, 2.05) is 6.92 Å². The summed E-state index contributed by atoms with van der Waals surface area (Å²) in [5.74, 6) is -1.83. The molecule has 2 rings (SSSR count). The highest BCUT2D eigenvalue weighted by atomic mass is 19.1. The Morgan fingerprint density at radius 2 is 2.21 bits per heavy atom. The molecule has 1 aromatic carbocycles. The highest BCUT2D eigenvalue weighted by Gasteiger charge is 2.25. The number of anilines is 1. The maximum Gasteiger partial charge on any atom is 0.340 e. The van der Waals surface area contributed by atoms with Crippen LogP contribution in [0.15, 0.2) is 18.2 Å². The maximum atomic E-state index is 13.4. The van der Waals surface area contributed by atoms with E-state index in [2.05, 4.69) is 5.32 Å². The van der Waals surface area contributed by atoms with Crippen molar-refractivity contribution in [3.05, 3.63) is 29.6 Å². The largest absolute Gasteiger partial charge is 0.478 e. The van der Waals surface area contributed by atoms with Crippen molar-refractivity contribution in [2.75, 3.05) is 18.4 Å². The molecule has 1 aliphatic heterocycles. The van der Waals surface area contributed by atoms with Gasteiger partial charge in [0.1, 0.15) is 11.4 Å². The van der Waals surface area contributed by atoms with E-state index in [1.54, 1.807) is 4.90 Å². The molecule has 102 valence electrons. The Morgan fingerprint density at radius 1 is 1.47 bits per heavy atom. The molecular formula is C13H15FN2O3. The number of carbonyl (C=O) groups excluding carboxylic acids is 1. The quantitative estimate of drug-likeness (QED) is 0.863. The average molecular weight is 266 g/mol. The number of carboxylic acids is 1. The summed E-state index contributed by atoms with van der Waals surface area (Å²) < 4.78 is 13.4. The lowest BCUT2D eigenvalue weighted by Crippen LogP contribution is -2.33. The molecule has 5 nitrogen and oxygen atoms in total. The molecule has 1 atom stereocenters. The molecule has 6 heteroatoms. The number of likely N-dealkylation sites (tertiary alicyclic amines) is 1. The molecule has 0 aromatic heterocycles. The van der Waals surface area contributed by atoms with Crippen LogP contribution in [0.2, 0.25) is 0 Å². The second kappa shape index (κ2) is 5.26. The van der Waals surface area contributed by atoms with Gasteiger partial charge in [-0.1, -0.05) is 13.0 Å². The number of rotatable bonds is 2. The molecule has 0 saturated carbocycles. The lowest BCUT2D eigenvalue weighted by Gasteiger charge is -2.17. The minimum atomic E-state index is -1.40. The van der Waals surface area contributed by atoms with E-state index in [9.17, 15) is 14.0 Å².